The summed E-state index contributed by atoms with van der Waals surface area (Å²) in [7, 11) is 0. The van der Waals surface area contributed by atoms with Crippen LogP contribution in [0.3, 0.4) is 0 Å². The molecule has 8 aliphatic rings. The summed E-state index contributed by atoms with van der Waals surface area (Å²) in [5.41, 5.74) is 25.3. The van der Waals surface area contributed by atoms with E-state index in [2.05, 4.69) is 209 Å². The monoisotopic (exact) mass is 947 g/mol. The molecule has 366 valence electrons. The Morgan fingerprint density at radius 3 is 1.72 bits per heavy atom. The summed E-state index contributed by atoms with van der Waals surface area (Å²) >= 11 is 0. The molecule has 4 heteroatoms. The van der Waals surface area contributed by atoms with Crippen molar-refractivity contribution in [1.82, 2.24) is 0 Å². The molecule has 1 spiro atoms. The summed E-state index contributed by atoms with van der Waals surface area (Å²) in [5, 5.41) is 1.24. The van der Waals surface area contributed by atoms with Gasteiger partial charge >= 0.3 is 0 Å². The first-order chi connectivity index (χ1) is 34.0. The number of nitrogens with zero attached hydrogens (tertiary/aromatic N) is 2. The lowest BCUT2D eigenvalue weighted by molar-refractivity contribution is -0.0399. The van der Waals surface area contributed by atoms with E-state index >= 15 is 0 Å². The van der Waals surface area contributed by atoms with E-state index in [4.69, 9.17) is 4.42 Å². The fraction of sp³-hybridized carbons (Fsp3) is 0.441. The minimum absolute atomic E-state index is 0.0375. The lowest BCUT2D eigenvalue weighted by Crippen LogP contribution is -2.61. The van der Waals surface area contributed by atoms with Crippen LogP contribution in [0.5, 0.6) is 0 Å². The van der Waals surface area contributed by atoms with Crippen LogP contribution in [0.4, 0.5) is 34.1 Å². The molecule has 4 bridgehead atoms. The van der Waals surface area contributed by atoms with E-state index in [1.165, 1.54) is 121 Å². The van der Waals surface area contributed by atoms with Crippen LogP contribution in [0.25, 0.3) is 22.1 Å². The molecule has 0 N–H and O–H groups in total. The second kappa shape index (κ2) is 14.4. The largest absolute Gasteiger partial charge is 0.468 e. The first-order valence-corrected chi connectivity index (χ1v) is 27.9. The van der Waals surface area contributed by atoms with Gasteiger partial charge in [0.05, 0.1) is 17.0 Å². The Balaban J connectivity index is 1.12. The van der Waals surface area contributed by atoms with Crippen molar-refractivity contribution < 1.29 is 4.42 Å². The topological polar surface area (TPSA) is 19.6 Å². The summed E-state index contributed by atoms with van der Waals surface area (Å²) in [5.74, 6) is 3.14. The van der Waals surface area contributed by atoms with Crippen molar-refractivity contribution in [2.24, 2.45) is 23.7 Å². The van der Waals surface area contributed by atoms with Crippen LogP contribution in [0.1, 0.15) is 174 Å². The summed E-state index contributed by atoms with van der Waals surface area (Å²) < 4.78 is 7.78. The van der Waals surface area contributed by atoms with E-state index in [0.29, 0.717) is 11.8 Å². The van der Waals surface area contributed by atoms with Gasteiger partial charge in [-0.15, -0.1) is 0 Å². The van der Waals surface area contributed by atoms with E-state index < -0.39 is 0 Å². The van der Waals surface area contributed by atoms with E-state index in [1.807, 2.05) is 0 Å². The minimum atomic E-state index is -0.134. The second-order valence-corrected chi connectivity index (χ2v) is 28.5. The number of hydrogen-bond acceptors (Lipinski definition) is 3. The van der Waals surface area contributed by atoms with Gasteiger partial charge in [-0.05, 0) is 200 Å². The van der Waals surface area contributed by atoms with Gasteiger partial charge in [0.1, 0.15) is 5.58 Å². The minimum Gasteiger partial charge on any atom is -0.468 e. The van der Waals surface area contributed by atoms with Gasteiger partial charge in [-0.25, -0.2) is 0 Å². The molecule has 0 amide bonds. The molecule has 0 saturated heterocycles. The number of benzene rings is 6. The van der Waals surface area contributed by atoms with Gasteiger partial charge < -0.3 is 14.2 Å². The smallest absolute Gasteiger partial charge is 0.297 e. The molecule has 6 aromatic carbocycles. The molecule has 0 atom stereocenters. The van der Waals surface area contributed by atoms with Crippen molar-refractivity contribution in [2.75, 3.05) is 9.80 Å². The quantitative estimate of drug-likeness (QED) is 0.161. The molecule has 0 radical (unpaired) electrons. The molecule has 3 heterocycles. The van der Waals surface area contributed by atoms with Gasteiger partial charge in [0.15, 0.2) is 0 Å². The van der Waals surface area contributed by atoms with E-state index in [9.17, 15) is 0 Å². The Morgan fingerprint density at radius 2 is 1.08 bits per heavy atom. The predicted molar refractivity (Wildman–Crippen MR) is 305 cm³/mol. The molecule has 1 aromatic heterocycles. The standard InChI is InChI=1S/C68H75BN2O/c1-63(2,3)41-21-24-46(25-22-41)70-55-34-42(64(4,5)6)23-26-53(55)69-60-56(70)35-43(65(7,8)9)36-57(60)71(61-48-37-51-52(38-58(48)72-62(61)69)67(12,13)28-27-66(51,10)11)54-20-16-19-50-59(54)47-17-14-15-18-49(47)68(50)44-30-39-29-40(32-44)33-45(68)31-39/h14-26,34-40,44-45H,27-33H2,1-13H3. The summed E-state index contributed by atoms with van der Waals surface area (Å²) in [6, 6.07) is 44.4. The number of anilines is 6. The highest BCUT2D eigenvalue weighted by molar-refractivity contribution is 7.00. The molecule has 3 nitrogen and oxygen atoms in total. The van der Waals surface area contributed by atoms with Crippen LogP contribution in [-0.2, 0) is 32.5 Å². The highest BCUT2D eigenvalue weighted by Gasteiger charge is 2.62. The van der Waals surface area contributed by atoms with Gasteiger partial charge in [0, 0.05) is 39.1 Å². The average Bonchev–Trinajstić information content (AvgIpc) is 3.84. The summed E-state index contributed by atoms with van der Waals surface area (Å²) in [6.07, 6.45) is 9.26. The zero-order valence-electron chi connectivity index (χ0n) is 45.5. The fourth-order valence-electron chi connectivity index (χ4n) is 16.4. The first-order valence-electron chi connectivity index (χ1n) is 27.9. The highest BCUT2D eigenvalue weighted by atomic mass is 16.3. The van der Waals surface area contributed by atoms with E-state index in [-0.39, 0.29) is 39.2 Å². The van der Waals surface area contributed by atoms with Crippen molar-refractivity contribution in [3.05, 3.63) is 148 Å². The number of furan rings is 1. The van der Waals surface area contributed by atoms with Crippen LogP contribution >= 0.6 is 0 Å². The summed E-state index contributed by atoms with van der Waals surface area (Å²) in [4.78, 5) is 5.39. The molecule has 4 saturated carbocycles. The van der Waals surface area contributed by atoms with Gasteiger partial charge in [0.2, 0.25) is 0 Å². The van der Waals surface area contributed by atoms with Crippen LogP contribution in [0, 0.1) is 23.7 Å². The third-order valence-electron chi connectivity index (χ3n) is 20.2. The fourth-order valence-corrected chi connectivity index (χ4v) is 16.4. The van der Waals surface area contributed by atoms with Gasteiger partial charge in [-0.3, -0.25) is 0 Å². The molecule has 15 rings (SSSR count). The summed E-state index contributed by atoms with van der Waals surface area (Å²) in [6.45, 7) is 31.0. The van der Waals surface area contributed by atoms with Crippen molar-refractivity contribution in [2.45, 2.75) is 167 Å². The van der Waals surface area contributed by atoms with Crippen molar-refractivity contribution >= 4 is 68.4 Å². The molecule has 4 fully saturated rings. The number of rotatable bonds is 2. The van der Waals surface area contributed by atoms with Crippen LogP contribution in [0.2, 0.25) is 0 Å². The maximum Gasteiger partial charge on any atom is 0.297 e. The third kappa shape index (κ3) is 6.05. The van der Waals surface area contributed by atoms with Crippen molar-refractivity contribution in [3.63, 3.8) is 0 Å². The molecule has 7 aromatic rings. The average molecular weight is 947 g/mol. The Morgan fingerprint density at radius 1 is 0.514 bits per heavy atom. The molecule has 2 aliphatic heterocycles. The third-order valence-corrected chi connectivity index (χ3v) is 20.2. The maximum atomic E-state index is 7.78. The number of fused-ring (bicyclic) bond motifs is 10. The Kier molecular flexibility index (Phi) is 9.05. The molecular weight excluding hydrogens is 872 g/mol. The van der Waals surface area contributed by atoms with Gasteiger partial charge in [-0.1, -0.05) is 151 Å². The highest BCUT2D eigenvalue weighted by Crippen LogP contribution is 2.70. The van der Waals surface area contributed by atoms with Crippen molar-refractivity contribution in [3.8, 4) is 11.1 Å². The molecule has 0 unspecified atom stereocenters. The normalized spacial score (nSPS) is 24.8. The molecule has 72 heavy (non-hydrogen) atoms. The maximum absolute atomic E-state index is 7.78. The van der Waals surface area contributed by atoms with Crippen molar-refractivity contribution in [1.29, 1.82) is 0 Å². The van der Waals surface area contributed by atoms with Gasteiger partial charge in [-0.2, -0.15) is 0 Å². The lowest BCUT2D eigenvalue weighted by atomic mass is 9.35. The SMILES string of the molecule is CC(C)(C)c1ccc(N2c3cc(C(C)(C)C)ccc3B3c4oc5cc6c(cc5c4N(c4cccc5c4-c4ccccc4C54C5CC7CC(C5)CC4C7)c4cc(C(C)(C)C)cc2c43)C(C)(C)CCC6(C)C)cc1. The molecule has 6 aliphatic carbocycles. The zero-order chi connectivity index (χ0) is 50.0. The number of hydrogen-bond donors (Lipinski definition) is 0. The first kappa shape index (κ1) is 45.2. The Labute approximate surface area is 430 Å². The Bertz CT molecular complexity index is 3420. The zero-order valence-corrected chi connectivity index (χ0v) is 45.5. The van der Waals surface area contributed by atoms with Crippen LogP contribution in [0.15, 0.2) is 114 Å². The predicted octanol–water partition coefficient (Wildman–Crippen LogP) is 16.5. The van der Waals surface area contributed by atoms with Crippen LogP contribution < -0.4 is 26.4 Å². The molecular formula is C68H75BN2O. The van der Waals surface area contributed by atoms with Crippen LogP contribution in [-0.4, -0.2) is 6.71 Å². The lowest BCUT2D eigenvalue weighted by Gasteiger charge is -2.61. The van der Waals surface area contributed by atoms with Gasteiger partial charge in [0.25, 0.3) is 6.71 Å². The van der Waals surface area contributed by atoms with E-state index in [1.54, 1.807) is 11.1 Å². The Hall–Kier alpha value is -5.48. The van der Waals surface area contributed by atoms with E-state index in [0.717, 1.165) is 35.9 Å². The second-order valence-electron chi connectivity index (χ2n) is 28.5.